The molecule has 0 fully saturated rings. The van der Waals surface area contributed by atoms with Gasteiger partial charge in [0.25, 0.3) is 0 Å². The first-order chi connectivity index (χ1) is 12.5. The molecule has 0 spiro atoms. The summed E-state index contributed by atoms with van der Waals surface area (Å²) in [5.74, 6) is 0. The van der Waals surface area contributed by atoms with Crippen molar-refractivity contribution in [2.75, 3.05) is 0 Å². The summed E-state index contributed by atoms with van der Waals surface area (Å²) in [6, 6.07) is 9.58. The van der Waals surface area contributed by atoms with E-state index in [9.17, 15) is 13.0 Å². The molecule has 0 saturated carbocycles. The van der Waals surface area contributed by atoms with Gasteiger partial charge in [0.1, 0.15) is 10.1 Å². The summed E-state index contributed by atoms with van der Waals surface area (Å²) in [6.07, 6.45) is 10.5. The number of hydrogen-bond acceptors (Lipinski definition) is 3. The quantitative estimate of drug-likeness (QED) is 0.323. The molecule has 0 aliphatic carbocycles. The number of benzene rings is 2. The van der Waals surface area contributed by atoms with E-state index >= 15 is 0 Å². The van der Waals surface area contributed by atoms with Gasteiger partial charge in [-0.2, -0.15) is 0 Å². The zero-order chi connectivity index (χ0) is 19.0. The third-order valence-electron chi connectivity index (χ3n) is 5.03. The first kappa shape index (κ1) is 25.3. The molecule has 27 heavy (non-hydrogen) atoms. The van der Waals surface area contributed by atoms with E-state index in [1.807, 2.05) is 18.2 Å². The van der Waals surface area contributed by atoms with Gasteiger partial charge < -0.3 is 4.55 Å². The Bertz CT molecular complexity index is 816. The Morgan fingerprint density at radius 2 is 1.33 bits per heavy atom. The van der Waals surface area contributed by atoms with Crippen molar-refractivity contribution >= 4 is 20.9 Å². The van der Waals surface area contributed by atoms with Gasteiger partial charge in [-0.3, -0.25) is 0 Å². The maximum absolute atomic E-state index is 12.0. The monoisotopic (exact) mass is 414 g/mol. The predicted octanol–water partition coefficient (Wildman–Crippen LogP) is 2.99. The van der Waals surface area contributed by atoms with Gasteiger partial charge >= 0.3 is 51.4 Å². The molecular formula is C22H31KO3S. The van der Waals surface area contributed by atoms with Crippen LogP contribution in [0.15, 0.2) is 35.2 Å². The molecule has 0 aliphatic heterocycles. The molecular weight excluding hydrogens is 383 g/mol. The van der Waals surface area contributed by atoms with Crippen LogP contribution in [0.3, 0.4) is 0 Å². The minimum atomic E-state index is -4.50. The van der Waals surface area contributed by atoms with Crippen molar-refractivity contribution in [3.63, 3.8) is 0 Å². The Labute approximate surface area is 207 Å². The van der Waals surface area contributed by atoms with Gasteiger partial charge in [0.15, 0.2) is 0 Å². The van der Waals surface area contributed by atoms with Crippen LogP contribution >= 0.6 is 0 Å². The van der Waals surface area contributed by atoms with Crippen molar-refractivity contribution in [1.29, 1.82) is 0 Å². The summed E-state index contributed by atoms with van der Waals surface area (Å²) in [4.78, 5) is 0.00177. The molecule has 0 atom stereocenters. The minimum absolute atomic E-state index is 0. The van der Waals surface area contributed by atoms with Crippen LogP contribution in [0.4, 0.5) is 0 Å². The Hall–Kier alpha value is 0.246. The summed E-state index contributed by atoms with van der Waals surface area (Å²) in [5.41, 5.74) is 1.81. The Balaban J connectivity index is 0.00000364. The van der Waals surface area contributed by atoms with Crippen molar-refractivity contribution in [1.82, 2.24) is 0 Å². The zero-order valence-corrected chi connectivity index (χ0v) is 21.0. The first-order valence-electron chi connectivity index (χ1n) is 9.98. The van der Waals surface area contributed by atoms with Gasteiger partial charge in [-0.15, -0.1) is 0 Å². The molecule has 0 heterocycles. The predicted molar refractivity (Wildman–Crippen MR) is 108 cm³/mol. The average molecular weight is 415 g/mol. The maximum Gasteiger partial charge on any atom is 1.00 e. The number of unbranched alkanes of at least 4 members (excludes halogenated alkanes) is 6. The fraction of sp³-hybridized carbons (Fsp3) is 0.545. The maximum atomic E-state index is 12.0. The second-order valence-electron chi connectivity index (χ2n) is 7.14. The van der Waals surface area contributed by atoms with Gasteiger partial charge in [0.2, 0.25) is 0 Å². The molecule has 0 radical (unpaired) electrons. The molecule has 5 heteroatoms. The van der Waals surface area contributed by atoms with Gasteiger partial charge in [0.05, 0.1) is 4.90 Å². The summed E-state index contributed by atoms with van der Waals surface area (Å²) < 4.78 is 36.0. The van der Waals surface area contributed by atoms with Crippen LogP contribution in [0.1, 0.15) is 76.3 Å². The van der Waals surface area contributed by atoms with Crippen LogP contribution in [0.25, 0.3) is 10.8 Å². The molecule has 3 nitrogen and oxygen atoms in total. The fourth-order valence-corrected chi connectivity index (χ4v) is 4.57. The number of rotatable bonds is 11. The SMILES string of the molecule is CCCCCCc1ccc2c(CCCCCC)cccc2c1S(=O)(=O)[O-].[K+]. The van der Waals surface area contributed by atoms with Crippen LogP contribution in [0, 0.1) is 0 Å². The van der Waals surface area contributed by atoms with Gasteiger partial charge in [-0.1, -0.05) is 82.7 Å². The Morgan fingerprint density at radius 3 is 1.89 bits per heavy atom. The van der Waals surface area contributed by atoms with Crippen LogP contribution in [-0.4, -0.2) is 13.0 Å². The van der Waals surface area contributed by atoms with E-state index in [1.54, 1.807) is 6.07 Å². The second-order valence-corrected chi connectivity index (χ2v) is 8.46. The molecule has 0 amide bonds. The molecule has 0 unspecified atom stereocenters. The van der Waals surface area contributed by atoms with E-state index in [4.69, 9.17) is 0 Å². The molecule has 0 aromatic heterocycles. The molecule has 2 aromatic rings. The van der Waals surface area contributed by atoms with Crippen molar-refractivity contribution in [2.45, 2.75) is 83.0 Å². The van der Waals surface area contributed by atoms with Crippen molar-refractivity contribution < 1.29 is 64.4 Å². The Kier molecular flexibility index (Phi) is 11.9. The molecule has 0 N–H and O–H groups in total. The summed E-state index contributed by atoms with van der Waals surface area (Å²) in [6.45, 7) is 4.33. The zero-order valence-electron chi connectivity index (χ0n) is 17.1. The minimum Gasteiger partial charge on any atom is -0.744 e. The topological polar surface area (TPSA) is 57.2 Å². The van der Waals surface area contributed by atoms with Crippen molar-refractivity contribution in [3.8, 4) is 0 Å². The standard InChI is InChI=1S/C22H32O3S.K/c1-3-5-7-9-12-18-14-11-15-21-20(18)17-16-19(13-10-8-6-4-2)22(21)26(23,24)25;/h11,14-17H,3-10,12-13H2,1-2H3,(H,23,24,25);/q;+1/p-1. The van der Waals surface area contributed by atoms with Crippen LogP contribution in [-0.2, 0) is 23.0 Å². The third-order valence-corrected chi connectivity index (χ3v) is 6.02. The molecule has 2 aromatic carbocycles. The van der Waals surface area contributed by atoms with Crippen LogP contribution in [0.2, 0.25) is 0 Å². The number of aryl methyl sites for hydroxylation is 2. The molecule has 0 saturated heterocycles. The molecule has 2 rings (SSSR count). The van der Waals surface area contributed by atoms with Gasteiger partial charge in [0, 0.05) is 0 Å². The third kappa shape index (κ3) is 7.54. The second kappa shape index (κ2) is 12.7. The fourth-order valence-electron chi connectivity index (χ4n) is 3.63. The first-order valence-corrected chi connectivity index (χ1v) is 11.4. The van der Waals surface area contributed by atoms with E-state index < -0.39 is 10.1 Å². The Morgan fingerprint density at radius 1 is 0.741 bits per heavy atom. The summed E-state index contributed by atoms with van der Waals surface area (Å²) >= 11 is 0. The average Bonchev–Trinajstić information content (AvgIpc) is 2.61. The number of hydrogen-bond donors (Lipinski definition) is 0. The van der Waals surface area contributed by atoms with Crippen LogP contribution < -0.4 is 51.4 Å². The summed E-state index contributed by atoms with van der Waals surface area (Å²) in [5, 5.41) is 1.51. The van der Waals surface area contributed by atoms with E-state index in [2.05, 4.69) is 19.9 Å². The molecule has 144 valence electrons. The molecule has 0 bridgehead atoms. The smallest absolute Gasteiger partial charge is 0.744 e. The van der Waals surface area contributed by atoms with Crippen molar-refractivity contribution in [3.05, 3.63) is 41.5 Å². The van der Waals surface area contributed by atoms with E-state index in [-0.39, 0.29) is 56.3 Å². The van der Waals surface area contributed by atoms with Gasteiger partial charge in [-0.05, 0) is 47.6 Å². The van der Waals surface area contributed by atoms with E-state index in [1.165, 1.54) is 19.3 Å². The van der Waals surface area contributed by atoms with Gasteiger partial charge in [-0.25, -0.2) is 8.42 Å². The largest absolute Gasteiger partial charge is 1.00 e. The van der Waals surface area contributed by atoms with Crippen LogP contribution in [0.5, 0.6) is 0 Å². The number of fused-ring (bicyclic) bond motifs is 1. The van der Waals surface area contributed by atoms with E-state index in [0.29, 0.717) is 17.4 Å². The summed E-state index contributed by atoms with van der Waals surface area (Å²) in [7, 11) is -4.50. The van der Waals surface area contributed by atoms with Crippen molar-refractivity contribution in [2.24, 2.45) is 0 Å². The van der Waals surface area contributed by atoms with E-state index in [0.717, 1.165) is 49.5 Å². The molecule has 0 aliphatic rings. The normalized spacial score (nSPS) is 11.5.